The molecule has 2 aliphatic rings. The highest BCUT2D eigenvalue weighted by molar-refractivity contribution is 9.10. The third kappa shape index (κ3) is 2.74. The molecule has 1 amide bonds. The molecule has 108 valence electrons. The maximum absolute atomic E-state index is 13.3. The molecule has 0 unspecified atom stereocenters. The lowest BCUT2D eigenvalue weighted by molar-refractivity contribution is -0.128. The van der Waals surface area contributed by atoms with Crippen LogP contribution in [0.25, 0.3) is 0 Å². The second-order valence-electron chi connectivity index (χ2n) is 5.91. The van der Waals surface area contributed by atoms with Gasteiger partial charge < -0.3 is 10.2 Å². The first kappa shape index (κ1) is 14.0. The SMILES string of the molecule is O=C1CC2(CCNCC2)CN1Cc1cc(F)ccc1Br. The molecule has 1 N–H and O–H groups in total. The predicted octanol–water partition coefficient (Wildman–Crippen LogP) is 2.69. The first-order valence-electron chi connectivity index (χ1n) is 7.00. The third-order valence-corrected chi connectivity index (χ3v) is 5.21. The minimum absolute atomic E-state index is 0.141. The molecule has 20 heavy (non-hydrogen) atoms. The van der Waals surface area contributed by atoms with Gasteiger partial charge in [0.25, 0.3) is 0 Å². The second-order valence-corrected chi connectivity index (χ2v) is 6.77. The Hall–Kier alpha value is -0.940. The standard InChI is InChI=1S/C15H18BrFN2O/c16-13-2-1-12(17)7-11(13)9-19-10-15(8-14(19)20)3-5-18-6-4-15/h1-2,7,18H,3-6,8-10H2. The molecule has 2 saturated heterocycles. The number of hydrogen-bond acceptors (Lipinski definition) is 2. The molecule has 1 spiro atoms. The summed E-state index contributed by atoms with van der Waals surface area (Å²) in [7, 11) is 0. The highest BCUT2D eigenvalue weighted by Crippen LogP contribution is 2.40. The van der Waals surface area contributed by atoms with Gasteiger partial charge in [-0.2, -0.15) is 0 Å². The van der Waals surface area contributed by atoms with Crippen molar-refractivity contribution in [3.8, 4) is 0 Å². The van der Waals surface area contributed by atoms with Crippen molar-refractivity contribution < 1.29 is 9.18 Å². The van der Waals surface area contributed by atoms with Crippen molar-refractivity contribution in [3.63, 3.8) is 0 Å². The van der Waals surface area contributed by atoms with Crippen LogP contribution in [0.2, 0.25) is 0 Å². The van der Waals surface area contributed by atoms with Crippen molar-refractivity contribution in [1.82, 2.24) is 10.2 Å². The van der Waals surface area contributed by atoms with Gasteiger partial charge in [-0.05, 0) is 55.1 Å². The summed E-state index contributed by atoms with van der Waals surface area (Å²) in [4.78, 5) is 14.1. The molecule has 1 aromatic carbocycles. The number of nitrogens with one attached hydrogen (secondary N) is 1. The topological polar surface area (TPSA) is 32.3 Å². The van der Waals surface area contributed by atoms with E-state index >= 15 is 0 Å². The number of halogens is 2. The zero-order valence-electron chi connectivity index (χ0n) is 11.3. The zero-order valence-corrected chi connectivity index (χ0v) is 12.9. The molecular weight excluding hydrogens is 323 g/mol. The van der Waals surface area contributed by atoms with Crippen LogP contribution in [0.5, 0.6) is 0 Å². The summed E-state index contributed by atoms with van der Waals surface area (Å²) in [5.41, 5.74) is 0.978. The van der Waals surface area contributed by atoms with Crippen molar-refractivity contribution in [2.24, 2.45) is 5.41 Å². The first-order valence-corrected chi connectivity index (χ1v) is 7.80. The Morgan fingerprint density at radius 1 is 1.35 bits per heavy atom. The van der Waals surface area contributed by atoms with Gasteiger partial charge in [0, 0.05) is 24.0 Å². The molecule has 3 rings (SSSR count). The summed E-state index contributed by atoms with van der Waals surface area (Å²) in [6.07, 6.45) is 2.75. The summed E-state index contributed by atoms with van der Waals surface area (Å²) >= 11 is 3.43. The predicted molar refractivity (Wildman–Crippen MR) is 78.7 cm³/mol. The molecule has 2 heterocycles. The Morgan fingerprint density at radius 2 is 2.10 bits per heavy atom. The van der Waals surface area contributed by atoms with Gasteiger partial charge in [-0.25, -0.2) is 4.39 Å². The molecule has 0 bridgehead atoms. The van der Waals surface area contributed by atoms with Crippen LogP contribution in [0.15, 0.2) is 22.7 Å². The van der Waals surface area contributed by atoms with E-state index in [-0.39, 0.29) is 17.1 Å². The van der Waals surface area contributed by atoms with Crippen LogP contribution in [0.3, 0.4) is 0 Å². The molecule has 0 atom stereocenters. The average Bonchev–Trinajstić information content (AvgIpc) is 2.71. The van der Waals surface area contributed by atoms with E-state index in [1.54, 1.807) is 6.07 Å². The van der Waals surface area contributed by atoms with Gasteiger partial charge in [0.05, 0.1) is 0 Å². The number of piperidine rings is 1. The fraction of sp³-hybridized carbons (Fsp3) is 0.533. The Morgan fingerprint density at radius 3 is 2.85 bits per heavy atom. The summed E-state index contributed by atoms with van der Waals surface area (Å²) in [5.74, 6) is -0.0607. The van der Waals surface area contributed by atoms with Crippen LogP contribution in [0.4, 0.5) is 4.39 Å². The number of carbonyl (C=O) groups is 1. The Bertz CT molecular complexity index is 529. The lowest BCUT2D eigenvalue weighted by Crippen LogP contribution is -2.38. The summed E-state index contributed by atoms with van der Waals surface area (Å²) in [5, 5.41) is 3.34. The van der Waals surface area contributed by atoms with Crippen LogP contribution in [-0.2, 0) is 11.3 Å². The molecular formula is C15H18BrFN2O. The fourth-order valence-electron chi connectivity index (χ4n) is 3.29. The smallest absolute Gasteiger partial charge is 0.223 e. The lowest BCUT2D eigenvalue weighted by atomic mass is 9.78. The number of nitrogens with zero attached hydrogens (tertiary/aromatic N) is 1. The van der Waals surface area contributed by atoms with Crippen molar-refractivity contribution in [2.75, 3.05) is 19.6 Å². The number of rotatable bonds is 2. The maximum atomic E-state index is 13.3. The molecule has 3 nitrogen and oxygen atoms in total. The van der Waals surface area contributed by atoms with Gasteiger partial charge in [0.15, 0.2) is 0 Å². The fourth-order valence-corrected chi connectivity index (χ4v) is 3.66. The van der Waals surface area contributed by atoms with E-state index in [4.69, 9.17) is 0 Å². The molecule has 0 saturated carbocycles. The molecule has 2 fully saturated rings. The van der Waals surface area contributed by atoms with Crippen LogP contribution < -0.4 is 5.32 Å². The van der Waals surface area contributed by atoms with Gasteiger partial charge in [0.2, 0.25) is 5.91 Å². The van der Waals surface area contributed by atoms with Crippen molar-refractivity contribution in [3.05, 3.63) is 34.1 Å². The number of hydrogen-bond donors (Lipinski definition) is 1. The summed E-state index contributed by atoms with van der Waals surface area (Å²) in [6, 6.07) is 4.63. The molecule has 0 aliphatic carbocycles. The van der Waals surface area contributed by atoms with E-state index in [0.29, 0.717) is 13.0 Å². The Kier molecular flexibility index (Phi) is 3.82. The molecule has 0 aromatic heterocycles. The molecule has 0 radical (unpaired) electrons. The summed E-state index contributed by atoms with van der Waals surface area (Å²) < 4.78 is 14.2. The quantitative estimate of drug-likeness (QED) is 0.897. The van der Waals surface area contributed by atoms with Crippen LogP contribution >= 0.6 is 15.9 Å². The highest BCUT2D eigenvalue weighted by atomic mass is 79.9. The lowest BCUT2D eigenvalue weighted by Gasteiger charge is -2.33. The van der Waals surface area contributed by atoms with Crippen LogP contribution in [-0.4, -0.2) is 30.4 Å². The van der Waals surface area contributed by atoms with Crippen molar-refractivity contribution in [2.45, 2.75) is 25.8 Å². The Balaban J connectivity index is 1.75. The first-order chi connectivity index (χ1) is 9.58. The van der Waals surface area contributed by atoms with E-state index < -0.39 is 0 Å². The molecule has 5 heteroatoms. The van der Waals surface area contributed by atoms with E-state index in [9.17, 15) is 9.18 Å². The van der Waals surface area contributed by atoms with Gasteiger partial charge in [-0.1, -0.05) is 15.9 Å². The third-order valence-electron chi connectivity index (χ3n) is 4.44. The monoisotopic (exact) mass is 340 g/mol. The van der Waals surface area contributed by atoms with Gasteiger partial charge >= 0.3 is 0 Å². The van der Waals surface area contributed by atoms with Crippen LogP contribution in [0, 0.1) is 11.2 Å². The second kappa shape index (κ2) is 5.45. The van der Waals surface area contributed by atoms with E-state index in [1.165, 1.54) is 12.1 Å². The largest absolute Gasteiger partial charge is 0.338 e. The van der Waals surface area contributed by atoms with Gasteiger partial charge in [-0.3, -0.25) is 4.79 Å². The number of amides is 1. The number of benzene rings is 1. The maximum Gasteiger partial charge on any atom is 0.223 e. The summed E-state index contributed by atoms with van der Waals surface area (Å²) in [6.45, 7) is 3.28. The Labute approximate surface area is 126 Å². The molecule has 1 aromatic rings. The molecule has 2 aliphatic heterocycles. The average molecular weight is 341 g/mol. The van der Waals surface area contributed by atoms with Crippen molar-refractivity contribution >= 4 is 21.8 Å². The highest BCUT2D eigenvalue weighted by Gasteiger charge is 2.43. The van der Waals surface area contributed by atoms with Gasteiger partial charge in [-0.15, -0.1) is 0 Å². The van der Waals surface area contributed by atoms with E-state index in [2.05, 4.69) is 21.2 Å². The minimum atomic E-state index is -0.258. The minimum Gasteiger partial charge on any atom is -0.338 e. The zero-order chi connectivity index (χ0) is 14.2. The van der Waals surface area contributed by atoms with Crippen molar-refractivity contribution in [1.29, 1.82) is 0 Å². The number of likely N-dealkylation sites (tertiary alicyclic amines) is 1. The van der Waals surface area contributed by atoms with E-state index in [1.807, 2.05) is 4.90 Å². The van der Waals surface area contributed by atoms with Gasteiger partial charge in [0.1, 0.15) is 5.82 Å². The van der Waals surface area contributed by atoms with E-state index in [0.717, 1.165) is 42.5 Å². The number of carbonyl (C=O) groups excluding carboxylic acids is 1. The van der Waals surface area contributed by atoms with Crippen LogP contribution in [0.1, 0.15) is 24.8 Å². The normalized spacial score (nSPS) is 21.7.